The van der Waals surface area contributed by atoms with E-state index in [9.17, 15) is 24.3 Å². The number of esters is 1. The number of carboxylic acid groups (broad SMARTS) is 2. The Kier molecular flexibility index (Phi) is 8.01. The molecular formula is C17H21N3O7S. The van der Waals surface area contributed by atoms with E-state index in [1.807, 2.05) is 0 Å². The van der Waals surface area contributed by atoms with Gasteiger partial charge < -0.3 is 31.3 Å². The normalized spacial score (nSPS) is 18.5. The summed E-state index contributed by atoms with van der Waals surface area (Å²) < 4.78 is 4.92. The van der Waals surface area contributed by atoms with Crippen molar-refractivity contribution in [2.75, 3.05) is 0 Å². The fraction of sp³-hybridized carbons (Fsp3) is 0.353. The zero-order valence-electron chi connectivity index (χ0n) is 15.2. The predicted molar refractivity (Wildman–Crippen MR) is 101 cm³/mol. The Bertz CT molecular complexity index is 771. The summed E-state index contributed by atoms with van der Waals surface area (Å²) in [5, 5.41) is 23.5. The number of aliphatic carboxylic acids is 2. The van der Waals surface area contributed by atoms with Crippen LogP contribution < -0.4 is 16.4 Å². The van der Waals surface area contributed by atoms with Crippen LogP contribution in [0.1, 0.15) is 25.8 Å². The van der Waals surface area contributed by atoms with E-state index in [4.69, 9.17) is 15.6 Å². The van der Waals surface area contributed by atoms with E-state index < -0.39 is 36.0 Å². The molecule has 1 aromatic carbocycles. The monoisotopic (exact) mass is 411 g/mol. The quantitative estimate of drug-likeness (QED) is 0.310. The number of hydrogen-bond acceptors (Lipinski definition) is 7. The Labute approximate surface area is 166 Å². The van der Waals surface area contributed by atoms with Gasteiger partial charge in [0.25, 0.3) is 0 Å². The molecule has 1 saturated heterocycles. The van der Waals surface area contributed by atoms with Crippen molar-refractivity contribution in [3.05, 3.63) is 35.9 Å². The van der Waals surface area contributed by atoms with Gasteiger partial charge in [0.15, 0.2) is 5.11 Å². The number of carbonyl (C=O) groups excluding carboxylic acids is 2. The second-order valence-electron chi connectivity index (χ2n) is 6.01. The van der Waals surface area contributed by atoms with Gasteiger partial charge in [-0.15, -0.1) is 0 Å². The third-order valence-corrected chi connectivity index (χ3v) is 3.95. The summed E-state index contributed by atoms with van der Waals surface area (Å²) in [7, 11) is 0. The van der Waals surface area contributed by atoms with Crippen LogP contribution in [-0.4, -0.2) is 51.2 Å². The largest absolute Gasteiger partial charge is 0.480 e. The highest BCUT2D eigenvalue weighted by atomic mass is 32.1. The molecule has 0 saturated carbocycles. The zero-order valence-corrected chi connectivity index (χ0v) is 16.0. The van der Waals surface area contributed by atoms with Gasteiger partial charge in [0.1, 0.15) is 12.1 Å². The van der Waals surface area contributed by atoms with Crippen molar-refractivity contribution in [3.63, 3.8) is 0 Å². The number of nitrogens with two attached hydrogens (primary N) is 1. The van der Waals surface area contributed by atoms with E-state index in [1.54, 1.807) is 25.1 Å². The smallest absolute Gasteiger partial charge is 0.352 e. The first-order chi connectivity index (χ1) is 13.0. The highest BCUT2D eigenvalue weighted by Crippen LogP contribution is 2.26. The molecule has 10 nitrogen and oxygen atoms in total. The molecular weight excluding hydrogens is 390 g/mol. The molecule has 1 heterocycles. The average molecular weight is 411 g/mol. The maximum atomic E-state index is 11.6. The first-order valence-electron chi connectivity index (χ1n) is 8.08. The van der Waals surface area contributed by atoms with E-state index >= 15 is 0 Å². The Balaban J connectivity index is 0.000000406. The fourth-order valence-electron chi connectivity index (χ4n) is 2.04. The lowest BCUT2D eigenvalue weighted by molar-refractivity contribution is -0.178. The minimum absolute atomic E-state index is 0.0463. The molecule has 11 heteroatoms. The van der Waals surface area contributed by atoms with Crippen molar-refractivity contribution in [1.29, 1.82) is 0 Å². The van der Waals surface area contributed by atoms with Gasteiger partial charge in [-0.2, -0.15) is 0 Å². The summed E-state index contributed by atoms with van der Waals surface area (Å²) in [4.78, 5) is 44.1. The molecule has 0 aliphatic carbocycles. The van der Waals surface area contributed by atoms with Gasteiger partial charge in [-0.1, -0.05) is 30.3 Å². The number of rotatable bonds is 6. The van der Waals surface area contributed by atoms with E-state index in [0.717, 1.165) is 0 Å². The molecule has 152 valence electrons. The van der Waals surface area contributed by atoms with Crippen molar-refractivity contribution in [1.82, 2.24) is 10.6 Å². The van der Waals surface area contributed by atoms with Crippen LogP contribution in [0.25, 0.3) is 0 Å². The summed E-state index contributed by atoms with van der Waals surface area (Å²) in [5.41, 5.74) is 3.58. The molecule has 0 radical (unpaired) electrons. The SMILES string of the molecule is CC1NC(=S)NC1=O.C[C@](OC(=O)CC(N)C(=O)O)(C(=O)O)c1ccccc1. The van der Waals surface area contributed by atoms with Crippen LogP contribution in [0.15, 0.2) is 30.3 Å². The minimum atomic E-state index is -1.89. The predicted octanol–water partition coefficient (Wildman–Crippen LogP) is -0.289. The second-order valence-corrected chi connectivity index (χ2v) is 6.42. The molecule has 2 unspecified atom stereocenters. The van der Waals surface area contributed by atoms with E-state index in [1.165, 1.54) is 19.1 Å². The molecule has 0 bridgehead atoms. The van der Waals surface area contributed by atoms with Crippen molar-refractivity contribution >= 4 is 41.1 Å². The number of ether oxygens (including phenoxy) is 1. The van der Waals surface area contributed by atoms with Crippen LogP contribution in [-0.2, 0) is 29.5 Å². The molecule has 1 aliphatic heterocycles. The summed E-state index contributed by atoms with van der Waals surface area (Å²) in [5.74, 6) is -3.76. The Morgan fingerprint density at radius 3 is 2.21 bits per heavy atom. The molecule has 1 fully saturated rings. The Hall–Kier alpha value is -3.05. The molecule has 1 aromatic rings. The highest BCUT2D eigenvalue weighted by molar-refractivity contribution is 7.80. The standard InChI is InChI=1S/C13H15NO6.C4H6N2OS/c1-13(12(18)19,8-5-3-2-4-6-8)20-10(15)7-9(14)11(16)17;1-2-3(7)6-4(8)5-2/h2-6,9H,7,14H2,1H3,(H,16,17)(H,18,19);2H,1H3,(H2,5,6,7,8)/t9?,13-;/m1./s1. The molecule has 28 heavy (non-hydrogen) atoms. The van der Waals surface area contributed by atoms with E-state index in [-0.39, 0.29) is 17.5 Å². The number of thiocarbonyl (C=S) groups is 1. The highest BCUT2D eigenvalue weighted by Gasteiger charge is 2.40. The Morgan fingerprint density at radius 1 is 1.29 bits per heavy atom. The molecule has 0 spiro atoms. The van der Waals surface area contributed by atoms with Gasteiger partial charge in [0.2, 0.25) is 11.5 Å². The van der Waals surface area contributed by atoms with Gasteiger partial charge in [-0.3, -0.25) is 14.4 Å². The molecule has 1 amide bonds. The van der Waals surface area contributed by atoms with Crippen LogP contribution in [0.4, 0.5) is 0 Å². The maximum Gasteiger partial charge on any atom is 0.352 e. The molecule has 0 aromatic heterocycles. The van der Waals surface area contributed by atoms with Gasteiger partial charge in [0.05, 0.1) is 6.42 Å². The first kappa shape index (κ1) is 23.0. The topological polar surface area (TPSA) is 168 Å². The summed E-state index contributed by atoms with van der Waals surface area (Å²) in [6, 6.07) is 6.31. The van der Waals surface area contributed by atoms with Crippen LogP contribution >= 0.6 is 12.2 Å². The maximum absolute atomic E-state index is 11.6. The van der Waals surface area contributed by atoms with E-state index in [0.29, 0.717) is 5.11 Å². The summed E-state index contributed by atoms with van der Waals surface area (Å²) >= 11 is 4.63. The average Bonchev–Trinajstić information content (AvgIpc) is 2.91. The van der Waals surface area contributed by atoms with Gasteiger partial charge in [-0.25, -0.2) is 4.79 Å². The number of amides is 1. The van der Waals surface area contributed by atoms with Crippen LogP contribution in [0.3, 0.4) is 0 Å². The van der Waals surface area contributed by atoms with Crippen LogP contribution in [0.5, 0.6) is 0 Å². The number of carbonyl (C=O) groups is 4. The summed E-state index contributed by atoms with van der Waals surface area (Å²) in [6.45, 7) is 2.98. The zero-order chi connectivity index (χ0) is 21.5. The van der Waals surface area contributed by atoms with Gasteiger partial charge in [-0.05, 0) is 26.1 Å². The number of carboxylic acids is 2. The number of hydrogen-bond donors (Lipinski definition) is 5. The van der Waals surface area contributed by atoms with Crippen molar-refractivity contribution in [3.8, 4) is 0 Å². The lowest BCUT2D eigenvalue weighted by Gasteiger charge is -2.25. The van der Waals surface area contributed by atoms with Gasteiger partial charge in [0, 0.05) is 5.56 Å². The number of benzene rings is 1. The molecule has 6 N–H and O–H groups in total. The third-order valence-electron chi connectivity index (χ3n) is 3.73. The second kappa shape index (κ2) is 9.76. The number of nitrogens with one attached hydrogen (secondary N) is 2. The van der Waals surface area contributed by atoms with Crippen molar-refractivity contribution in [2.24, 2.45) is 5.73 Å². The van der Waals surface area contributed by atoms with Crippen LogP contribution in [0, 0.1) is 0 Å². The lowest BCUT2D eigenvalue weighted by atomic mass is 9.96. The molecule has 2 rings (SSSR count). The summed E-state index contributed by atoms with van der Waals surface area (Å²) in [6.07, 6.45) is -0.606. The molecule has 3 atom stereocenters. The van der Waals surface area contributed by atoms with Crippen molar-refractivity contribution < 1.29 is 34.1 Å². The lowest BCUT2D eigenvalue weighted by Crippen LogP contribution is -2.40. The van der Waals surface area contributed by atoms with Gasteiger partial charge >= 0.3 is 17.9 Å². The Morgan fingerprint density at radius 2 is 1.86 bits per heavy atom. The molecule has 1 aliphatic rings. The van der Waals surface area contributed by atoms with Crippen molar-refractivity contribution in [2.45, 2.75) is 38.0 Å². The fourth-order valence-corrected chi connectivity index (χ4v) is 2.31. The third kappa shape index (κ3) is 6.28. The first-order valence-corrected chi connectivity index (χ1v) is 8.48. The van der Waals surface area contributed by atoms with Crippen LogP contribution in [0.2, 0.25) is 0 Å². The minimum Gasteiger partial charge on any atom is -0.480 e. The van der Waals surface area contributed by atoms with E-state index in [2.05, 4.69) is 22.9 Å².